The Hall–Kier alpha value is -2.84. The Bertz CT molecular complexity index is 863. The molecule has 0 heterocycles. The van der Waals surface area contributed by atoms with E-state index in [9.17, 15) is 10.1 Å². The summed E-state index contributed by atoms with van der Waals surface area (Å²) >= 11 is 0. The molecule has 2 rings (SSSR count). The van der Waals surface area contributed by atoms with Gasteiger partial charge in [0, 0.05) is 31.9 Å². The van der Waals surface area contributed by atoms with Crippen molar-refractivity contribution in [3.63, 3.8) is 0 Å². The quantitative estimate of drug-likeness (QED) is 0.556. The Morgan fingerprint density at radius 2 is 1.89 bits per heavy atom. The molecule has 0 aliphatic heterocycles. The number of hydrogen-bond acceptors (Lipinski definition) is 4. The lowest BCUT2D eigenvalue weighted by atomic mass is 10.0. The zero-order valence-electron chi connectivity index (χ0n) is 16.2. The van der Waals surface area contributed by atoms with E-state index in [2.05, 4.69) is 42.3 Å². The Kier molecular flexibility index (Phi) is 7.39. The van der Waals surface area contributed by atoms with Crippen LogP contribution in [-0.4, -0.2) is 37.3 Å². The summed E-state index contributed by atoms with van der Waals surface area (Å²) in [6, 6.07) is 14.2. The van der Waals surface area contributed by atoms with Gasteiger partial charge in [-0.05, 0) is 60.4 Å². The molecule has 0 aliphatic carbocycles. The smallest absolute Gasteiger partial charge is 0.261 e. The molecule has 1 atom stereocenters. The van der Waals surface area contributed by atoms with Crippen molar-refractivity contribution in [1.82, 2.24) is 5.32 Å². The van der Waals surface area contributed by atoms with E-state index < -0.39 is 5.91 Å². The zero-order valence-corrected chi connectivity index (χ0v) is 16.2. The summed E-state index contributed by atoms with van der Waals surface area (Å²) in [7, 11) is 0. The van der Waals surface area contributed by atoms with Crippen molar-refractivity contribution < 1.29 is 9.90 Å². The van der Waals surface area contributed by atoms with Crippen LogP contribution in [0.5, 0.6) is 0 Å². The van der Waals surface area contributed by atoms with E-state index in [1.165, 1.54) is 5.69 Å². The summed E-state index contributed by atoms with van der Waals surface area (Å²) in [5.41, 5.74) is 2.05. The molecule has 2 aromatic rings. The van der Waals surface area contributed by atoms with Crippen LogP contribution in [0.1, 0.15) is 26.3 Å². The fourth-order valence-electron chi connectivity index (χ4n) is 2.87. The van der Waals surface area contributed by atoms with Crippen LogP contribution in [0.15, 0.2) is 42.0 Å². The summed E-state index contributed by atoms with van der Waals surface area (Å²) in [5, 5.41) is 23.2. The molecule has 0 radical (unpaired) electrons. The Labute approximate surface area is 160 Å². The number of amides is 1. The first-order chi connectivity index (χ1) is 13.0. The van der Waals surface area contributed by atoms with Crippen molar-refractivity contribution in [3.05, 3.63) is 47.5 Å². The Balaban J connectivity index is 2.24. The standard InChI is InChI=1S/C22H27N3O2/c1-4-25(5-2)21-9-8-18-10-17(6-7-19(18)12-21)11-20(13-23)22(27)24-14-16(3)15-26/h6-12,16,26H,4-5,14-15H2,1-3H3,(H,24,27). The molecule has 2 aromatic carbocycles. The maximum absolute atomic E-state index is 12.2. The number of hydrogen-bond donors (Lipinski definition) is 2. The van der Waals surface area contributed by atoms with E-state index in [1.807, 2.05) is 31.2 Å². The highest BCUT2D eigenvalue weighted by Crippen LogP contribution is 2.24. The molecular weight excluding hydrogens is 338 g/mol. The van der Waals surface area contributed by atoms with Crippen molar-refractivity contribution in [2.24, 2.45) is 5.92 Å². The van der Waals surface area contributed by atoms with Crippen LogP contribution in [0.4, 0.5) is 5.69 Å². The fourth-order valence-corrected chi connectivity index (χ4v) is 2.87. The van der Waals surface area contributed by atoms with Crippen molar-refractivity contribution >= 4 is 28.4 Å². The second-order valence-electron chi connectivity index (χ2n) is 6.63. The molecule has 0 fully saturated rings. The molecule has 0 aromatic heterocycles. The largest absolute Gasteiger partial charge is 0.396 e. The first-order valence-corrected chi connectivity index (χ1v) is 9.32. The number of fused-ring (bicyclic) bond motifs is 1. The molecule has 0 aliphatic rings. The third kappa shape index (κ3) is 5.32. The number of aliphatic hydroxyl groups excluding tert-OH is 1. The molecular formula is C22H27N3O2. The highest BCUT2D eigenvalue weighted by Gasteiger charge is 2.11. The van der Waals surface area contributed by atoms with Gasteiger partial charge in [0.05, 0.1) is 0 Å². The second-order valence-corrected chi connectivity index (χ2v) is 6.63. The monoisotopic (exact) mass is 365 g/mol. The predicted molar refractivity (Wildman–Crippen MR) is 110 cm³/mol. The lowest BCUT2D eigenvalue weighted by Gasteiger charge is -2.21. The maximum Gasteiger partial charge on any atom is 0.261 e. The zero-order chi connectivity index (χ0) is 19.8. The average Bonchev–Trinajstić information content (AvgIpc) is 2.70. The topological polar surface area (TPSA) is 76.4 Å². The summed E-state index contributed by atoms with van der Waals surface area (Å²) in [6.45, 7) is 8.34. The predicted octanol–water partition coefficient (Wildman–Crippen LogP) is 3.34. The van der Waals surface area contributed by atoms with Gasteiger partial charge in [0.15, 0.2) is 0 Å². The minimum absolute atomic E-state index is 0.00790. The van der Waals surface area contributed by atoms with Gasteiger partial charge in [-0.3, -0.25) is 4.79 Å². The SMILES string of the molecule is CCN(CC)c1ccc2cc(C=C(C#N)C(=O)NCC(C)CO)ccc2c1. The van der Waals surface area contributed by atoms with Crippen LogP contribution >= 0.6 is 0 Å². The number of rotatable bonds is 8. The molecule has 0 spiro atoms. The molecule has 0 bridgehead atoms. The van der Waals surface area contributed by atoms with Crippen LogP contribution in [0.25, 0.3) is 16.8 Å². The van der Waals surface area contributed by atoms with Crippen LogP contribution in [0, 0.1) is 17.2 Å². The first kappa shape index (κ1) is 20.5. The molecule has 1 unspecified atom stereocenters. The summed E-state index contributed by atoms with van der Waals surface area (Å²) < 4.78 is 0. The van der Waals surface area contributed by atoms with Crippen LogP contribution in [-0.2, 0) is 4.79 Å². The molecule has 5 heteroatoms. The Morgan fingerprint density at radius 1 is 1.22 bits per heavy atom. The summed E-state index contributed by atoms with van der Waals surface area (Å²) in [4.78, 5) is 14.4. The number of carbonyl (C=O) groups is 1. The van der Waals surface area contributed by atoms with E-state index in [1.54, 1.807) is 6.08 Å². The van der Waals surface area contributed by atoms with Gasteiger partial charge in [-0.25, -0.2) is 0 Å². The van der Waals surface area contributed by atoms with E-state index in [-0.39, 0.29) is 18.1 Å². The lowest BCUT2D eigenvalue weighted by molar-refractivity contribution is -0.117. The third-order valence-corrected chi connectivity index (χ3v) is 4.58. The number of aliphatic hydroxyl groups is 1. The van der Waals surface area contributed by atoms with Crippen molar-refractivity contribution in [2.45, 2.75) is 20.8 Å². The van der Waals surface area contributed by atoms with Gasteiger partial charge in [0.1, 0.15) is 11.6 Å². The van der Waals surface area contributed by atoms with E-state index in [0.29, 0.717) is 6.54 Å². The minimum Gasteiger partial charge on any atom is -0.396 e. The van der Waals surface area contributed by atoms with Gasteiger partial charge in [-0.2, -0.15) is 5.26 Å². The van der Waals surface area contributed by atoms with Crippen LogP contribution < -0.4 is 10.2 Å². The molecule has 5 nitrogen and oxygen atoms in total. The van der Waals surface area contributed by atoms with E-state index in [4.69, 9.17) is 5.11 Å². The van der Waals surface area contributed by atoms with Gasteiger partial charge in [-0.15, -0.1) is 0 Å². The van der Waals surface area contributed by atoms with Gasteiger partial charge in [0.2, 0.25) is 0 Å². The summed E-state index contributed by atoms with van der Waals surface area (Å²) in [5.74, 6) is -0.468. The van der Waals surface area contributed by atoms with Crippen molar-refractivity contribution in [3.8, 4) is 6.07 Å². The maximum atomic E-state index is 12.2. The second kappa shape index (κ2) is 9.75. The number of nitriles is 1. The Morgan fingerprint density at radius 3 is 2.52 bits per heavy atom. The fraction of sp³-hybridized carbons (Fsp3) is 0.364. The van der Waals surface area contributed by atoms with Crippen molar-refractivity contribution in [2.75, 3.05) is 31.1 Å². The highest BCUT2D eigenvalue weighted by molar-refractivity contribution is 6.02. The average molecular weight is 365 g/mol. The number of nitrogens with one attached hydrogen (secondary N) is 1. The molecule has 0 saturated carbocycles. The van der Waals surface area contributed by atoms with Gasteiger partial charge in [0.25, 0.3) is 5.91 Å². The van der Waals surface area contributed by atoms with Gasteiger partial charge < -0.3 is 15.3 Å². The number of anilines is 1. The van der Waals surface area contributed by atoms with Crippen molar-refractivity contribution in [1.29, 1.82) is 5.26 Å². The van der Waals surface area contributed by atoms with E-state index in [0.717, 1.165) is 29.4 Å². The van der Waals surface area contributed by atoms with Crippen LogP contribution in [0.2, 0.25) is 0 Å². The van der Waals surface area contributed by atoms with Crippen LogP contribution in [0.3, 0.4) is 0 Å². The number of benzene rings is 2. The first-order valence-electron chi connectivity index (χ1n) is 9.32. The normalized spacial score (nSPS) is 12.5. The number of carbonyl (C=O) groups excluding carboxylic acids is 1. The molecule has 142 valence electrons. The molecule has 27 heavy (non-hydrogen) atoms. The third-order valence-electron chi connectivity index (χ3n) is 4.58. The lowest BCUT2D eigenvalue weighted by Crippen LogP contribution is -2.30. The number of nitrogens with zero attached hydrogens (tertiary/aromatic N) is 2. The highest BCUT2D eigenvalue weighted by atomic mass is 16.3. The van der Waals surface area contributed by atoms with Gasteiger partial charge in [-0.1, -0.05) is 25.1 Å². The molecule has 1 amide bonds. The minimum atomic E-state index is -0.422. The molecule has 0 saturated heterocycles. The van der Waals surface area contributed by atoms with Gasteiger partial charge >= 0.3 is 0 Å². The van der Waals surface area contributed by atoms with E-state index >= 15 is 0 Å². The molecule has 2 N–H and O–H groups in total. The summed E-state index contributed by atoms with van der Waals surface area (Å²) in [6.07, 6.45) is 1.59.